The Balaban J connectivity index is 2.00. The first-order valence-corrected chi connectivity index (χ1v) is 8.04. The third kappa shape index (κ3) is 4.73. The van der Waals surface area contributed by atoms with E-state index >= 15 is 0 Å². The van der Waals surface area contributed by atoms with Crippen LogP contribution in [-0.4, -0.2) is 12.0 Å². The summed E-state index contributed by atoms with van der Waals surface area (Å²) in [6.07, 6.45) is -0.596. The smallest absolute Gasteiger partial charge is 0.261 e. The van der Waals surface area contributed by atoms with E-state index in [1.165, 1.54) is 11.1 Å². The number of nitrogens with one attached hydrogen (secondary N) is 1. The van der Waals surface area contributed by atoms with Crippen molar-refractivity contribution in [3.63, 3.8) is 0 Å². The molecular formula is C19H22ClNO2. The minimum Gasteiger partial charge on any atom is -0.481 e. The minimum atomic E-state index is -0.596. The first-order valence-electron chi connectivity index (χ1n) is 7.66. The molecule has 0 aliphatic rings. The molecule has 0 bridgehead atoms. The van der Waals surface area contributed by atoms with Crippen LogP contribution in [0.25, 0.3) is 0 Å². The van der Waals surface area contributed by atoms with Gasteiger partial charge in [0.15, 0.2) is 6.10 Å². The molecule has 2 unspecified atom stereocenters. The molecule has 4 heteroatoms. The van der Waals surface area contributed by atoms with Crippen LogP contribution in [-0.2, 0) is 4.79 Å². The van der Waals surface area contributed by atoms with Gasteiger partial charge in [0.2, 0.25) is 0 Å². The van der Waals surface area contributed by atoms with Gasteiger partial charge in [0.05, 0.1) is 6.04 Å². The van der Waals surface area contributed by atoms with E-state index in [0.29, 0.717) is 10.8 Å². The lowest BCUT2D eigenvalue weighted by Crippen LogP contribution is -2.38. The summed E-state index contributed by atoms with van der Waals surface area (Å²) in [6, 6.07) is 13.2. The molecule has 0 heterocycles. The van der Waals surface area contributed by atoms with Crippen LogP contribution in [0.15, 0.2) is 42.5 Å². The molecule has 0 saturated carbocycles. The maximum absolute atomic E-state index is 12.3. The first kappa shape index (κ1) is 17.4. The van der Waals surface area contributed by atoms with Crippen molar-refractivity contribution in [1.29, 1.82) is 0 Å². The zero-order valence-electron chi connectivity index (χ0n) is 13.9. The van der Waals surface area contributed by atoms with Crippen molar-refractivity contribution < 1.29 is 9.53 Å². The number of hydrogen-bond donors (Lipinski definition) is 1. The molecule has 0 radical (unpaired) electrons. The first-order chi connectivity index (χ1) is 10.9. The monoisotopic (exact) mass is 331 g/mol. The molecule has 2 rings (SSSR count). The number of rotatable bonds is 5. The van der Waals surface area contributed by atoms with Crippen LogP contribution in [0.1, 0.15) is 36.6 Å². The van der Waals surface area contributed by atoms with Gasteiger partial charge in [-0.05, 0) is 57.0 Å². The predicted molar refractivity (Wildman–Crippen MR) is 94.0 cm³/mol. The molecule has 2 aromatic carbocycles. The van der Waals surface area contributed by atoms with E-state index in [2.05, 4.69) is 37.4 Å². The summed E-state index contributed by atoms with van der Waals surface area (Å²) < 4.78 is 5.65. The predicted octanol–water partition coefficient (Wildman–Crippen LogP) is 4.60. The van der Waals surface area contributed by atoms with Gasteiger partial charge in [-0.25, -0.2) is 0 Å². The quantitative estimate of drug-likeness (QED) is 0.869. The van der Waals surface area contributed by atoms with Crippen LogP contribution in [0.3, 0.4) is 0 Å². The van der Waals surface area contributed by atoms with Crippen LogP contribution in [0.2, 0.25) is 5.02 Å². The van der Waals surface area contributed by atoms with Gasteiger partial charge >= 0.3 is 0 Å². The van der Waals surface area contributed by atoms with Crippen molar-refractivity contribution >= 4 is 17.5 Å². The van der Waals surface area contributed by atoms with Crippen molar-refractivity contribution in [3.8, 4) is 5.75 Å². The Kier molecular flexibility index (Phi) is 5.67. The second-order valence-electron chi connectivity index (χ2n) is 5.81. The highest BCUT2D eigenvalue weighted by molar-refractivity contribution is 6.30. The standard InChI is InChI=1S/C19H22ClNO2/c1-12-8-9-18(13(2)10-12)14(3)21-19(22)15(4)23-17-7-5-6-16(20)11-17/h5-11,14-15H,1-4H3,(H,21,22). The molecule has 122 valence electrons. The fraction of sp³-hybridized carbons (Fsp3) is 0.316. The molecule has 0 spiro atoms. The second-order valence-corrected chi connectivity index (χ2v) is 6.24. The van der Waals surface area contributed by atoms with Crippen molar-refractivity contribution in [2.45, 2.75) is 39.8 Å². The van der Waals surface area contributed by atoms with Gasteiger partial charge in [0.1, 0.15) is 5.75 Å². The molecule has 0 saturated heterocycles. The topological polar surface area (TPSA) is 38.3 Å². The SMILES string of the molecule is Cc1ccc(C(C)NC(=O)C(C)Oc2cccc(Cl)c2)c(C)c1. The summed E-state index contributed by atoms with van der Waals surface area (Å²) in [4.78, 5) is 12.3. The zero-order chi connectivity index (χ0) is 17.0. The molecule has 0 fully saturated rings. The summed E-state index contributed by atoms with van der Waals surface area (Å²) >= 11 is 5.92. The van der Waals surface area contributed by atoms with Gasteiger partial charge in [-0.1, -0.05) is 41.4 Å². The van der Waals surface area contributed by atoms with E-state index in [1.54, 1.807) is 31.2 Å². The molecular weight excluding hydrogens is 310 g/mol. The fourth-order valence-electron chi connectivity index (χ4n) is 2.52. The normalized spacial score (nSPS) is 13.3. The highest BCUT2D eigenvalue weighted by atomic mass is 35.5. The van der Waals surface area contributed by atoms with E-state index in [4.69, 9.17) is 16.3 Å². The molecule has 1 amide bonds. The van der Waals surface area contributed by atoms with Gasteiger partial charge < -0.3 is 10.1 Å². The number of hydrogen-bond acceptors (Lipinski definition) is 2. The van der Waals surface area contributed by atoms with Gasteiger partial charge in [0, 0.05) is 5.02 Å². The summed E-state index contributed by atoms with van der Waals surface area (Å²) in [5.74, 6) is 0.428. The average Bonchev–Trinajstić information content (AvgIpc) is 2.46. The lowest BCUT2D eigenvalue weighted by molar-refractivity contribution is -0.127. The van der Waals surface area contributed by atoms with Crippen LogP contribution >= 0.6 is 11.6 Å². The highest BCUT2D eigenvalue weighted by Crippen LogP contribution is 2.20. The number of carbonyl (C=O) groups excluding carboxylic acids is 1. The Morgan fingerprint density at radius 1 is 1.13 bits per heavy atom. The Morgan fingerprint density at radius 2 is 1.87 bits per heavy atom. The third-order valence-corrected chi connectivity index (χ3v) is 3.96. The zero-order valence-corrected chi connectivity index (χ0v) is 14.6. The average molecular weight is 332 g/mol. The molecule has 0 aliphatic heterocycles. The Hall–Kier alpha value is -2.00. The fourth-order valence-corrected chi connectivity index (χ4v) is 2.70. The van der Waals surface area contributed by atoms with Crippen molar-refractivity contribution in [1.82, 2.24) is 5.32 Å². The van der Waals surface area contributed by atoms with Crippen LogP contribution in [0, 0.1) is 13.8 Å². The molecule has 0 aliphatic carbocycles. The molecule has 23 heavy (non-hydrogen) atoms. The van der Waals surface area contributed by atoms with Gasteiger partial charge in [-0.15, -0.1) is 0 Å². The third-order valence-electron chi connectivity index (χ3n) is 3.73. The Labute approximate surface area is 142 Å². The van der Waals surface area contributed by atoms with Crippen LogP contribution in [0.5, 0.6) is 5.75 Å². The number of ether oxygens (including phenoxy) is 1. The van der Waals surface area contributed by atoms with Crippen LogP contribution in [0.4, 0.5) is 0 Å². The second kappa shape index (κ2) is 7.51. The van der Waals surface area contributed by atoms with E-state index in [0.717, 1.165) is 5.56 Å². The summed E-state index contributed by atoms with van der Waals surface area (Å²) in [5, 5.41) is 3.58. The summed E-state index contributed by atoms with van der Waals surface area (Å²) in [5.41, 5.74) is 3.49. The lowest BCUT2D eigenvalue weighted by Gasteiger charge is -2.20. The van der Waals surface area contributed by atoms with Crippen molar-refractivity contribution in [3.05, 3.63) is 64.2 Å². The molecule has 2 aromatic rings. The number of benzene rings is 2. The molecule has 3 nitrogen and oxygen atoms in total. The molecule has 2 atom stereocenters. The Bertz CT molecular complexity index is 700. The lowest BCUT2D eigenvalue weighted by atomic mass is 10.0. The minimum absolute atomic E-state index is 0.0755. The highest BCUT2D eigenvalue weighted by Gasteiger charge is 2.18. The summed E-state index contributed by atoms with van der Waals surface area (Å²) in [6.45, 7) is 7.81. The van der Waals surface area contributed by atoms with Crippen molar-refractivity contribution in [2.24, 2.45) is 0 Å². The maximum Gasteiger partial charge on any atom is 0.261 e. The number of amides is 1. The van der Waals surface area contributed by atoms with E-state index in [1.807, 2.05) is 6.92 Å². The summed E-state index contributed by atoms with van der Waals surface area (Å²) in [7, 11) is 0. The molecule has 0 aromatic heterocycles. The van der Waals surface area contributed by atoms with Gasteiger partial charge in [-0.2, -0.15) is 0 Å². The number of halogens is 1. The number of aryl methyl sites for hydroxylation is 2. The van der Waals surface area contributed by atoms with Crippen LogP contribution < -0.4 is 10.1 Å². The van der Waals surface area contributed by atoms with Crippen molar-refractivity contribution in [2.75, 3.05) is 0 Å². The largest absolute Gasteiger partial charge is 0.481 e. The van der Waals surface area contributed by atoms with Gasteiger partial charge in [0.25, 0.3) is 5.91 Å². The van der Waals surface area contributed by atoms with Gasteiger partial charge in [-0.3, -0.25) is 4.79 Å². The maximum atomic E-state index is 12.3. The Morgan fingerprint density at radius 3 is 2.52 bits per heavy atom. The van der Waals surface area contributed by atoms with E-state index in [9.17, 15) is 4.79 Å². The van der Waals surface area contributed by atoms with E-state index in [-0.39, 0.29) is 11.9 Å². The number of carbonyl (C=O) groups is 1. The van der Waals surface area contributed by atoms with E-state index < -0.39 is 6.10 Å². The molecule has 1 N–H and O–H groups in total.